The van der Waals surface area contributed by atoms with Gasteiger partial charge in [0.1, 0.15) is 5.82 Å². The van der Waals surface area contributed by atoms with E-state index in [1.165, 1.54) is 6.07 Å². The van der Waals surface area contributed by atoms with Crippen LogP contribution < -0.4 is 0 Å². The summed E-state index contributed by atoms with van der Waals surface area (Å²) < 4.78 is 13.6. The third-order valence-corrected chi connectivity index (χ3v) is 2.13. The van der Waals surface area contributed by atoms with Crippen molar-refractivity contribution in [2.75, 3.05) is 6.54 Å². The predicted molar refractivity (Wildman–Crippen MR) is 62.6 cm³/mol. The maximum absolute atomic E-state index is 13.6. The summed E-state index contributed by atoms with van der Waals surface area (Å²) in [6.45, 7) is 0.0288. The first kappa shape index (κ1) is 10.9. The molecule has 0 radical (unpaired) electrons. The van der Waals surface area contributed by atoms with Gasteiger partial charge in [-0.3, -0.25) is 4.98 Å². The molecular weight excluding hydrogens is 219 g/mol. The van der Waals surface area contributed by atoms with Gasteiger partial charge in [-0.1, -0.05) is 23.0 Å². The van der Waals surface area contributed by atoms with Gasteiger partial charge < -0.3 is 0 Å². The van der Waals surface area contributed by atoms with E-state index in [4.69, 9.17) is 5.53 Å². The average Bonchev–Trinajstić information content (AvgIpc) is 2.35. The number of azide groups is 1. The summed E-state index contributed by atoms with van der Waals surface area (Å²) in [5, 5.41) is 4.07. The monoisotopic (exact) mass is 226 g/mol. The fourth-order valence-electron chi connectivity index (χ4n) is 1.39. The van der Waals surface area contributed by atoms with E-state index in [2.05, 4.69) is 26.9 Å². The van der Waals surface area contributed by atoms with E-state index < -0.39 is 5.82 Å². The molecule has 0 amide bonds. The second-order valence-corrected chi connectivity index (χ2v) is 3.22. The maximum Gasteiger partial charge on any atom is 0.141 e. The first-order valence-electron chi connectivity index (χ1n) is 4.85. The van der Waals surface area contributed by atoms with Crippen molar-refractivity contribution in [3.8, 4) is 11.8 Å². The van der Waals surface area contributed by atoms with Crippen molar-refractivity contribution >= 4 is 10.9 Å². The molecule has 0 atom stereocenters. The molecule has 5 heteroatoms. The van der Waals surface area contributed by atoms with Crippen LogP contribution in [0.4, 0.5) is 4.39 Å². The molecule has 0 aliphatic heterocycles. The molecule has 0 aliphatic carbocycles. The number of fused-ring (bicyclic) bond motifs is 1. The minimum absolute atomic E-state index is 0.0288. The highest BCUT2D eigenvalue weighted by Gasteiger charge is 2.02. The van der Waals surface area contributed by atoms with Gasteiger partial charge in [0.2, 0.25) is 0 Å². The van der Waals surface area contributed by atoms with Crippen LogP contribution in [0.1, 0.15) is 5.56 Å². The predicted octanol–water partition coefficient (Wildman–Crippen LogP) is 3.04. The molecule has 0 N–H and O–H groups in total. The Kier molecular flexibility index (Phi) is 3.20. The van der Waals surface area contributed by atoms with Crippen molar-refractivity contribution in [1.82, 2.24) is 4.98 Å². The number of benzene rings is 1. The molecular formula is C12H7FN4. The quantitative estimate of drug-likeness (QED) is 0.319. The Hall–Kier alpha value is -2.57. The van der Waals surface area contributed by atoms with E-state index in [1.54, 1.807) is 18.3 Å². The summed E-state index contributed by atoms with van der Waals surface area (Å²) in [6.07, 6.45) is 1.61. The maximum atomic E-state index is 13.6. The number of aromatic nitrogens is 1. The Balaban J connectivity index is 2.42. The molecule has 0 fully saturated rings. The summed E-state index contributed by atoms with van der Waals surface area (Å²) in [6, 6.07) is 6.57. The van der Waals surface area contributed by atoms with Crippen LogP contribution in [0.3, 0.4) is 0 Å². The van der Waals surface area contributed by atoms with Crippen molar-refractivity contribution in [2.45, 2.75) is 0 Å². The average molecular weight is 226 g/mol. The van der Waals surface area contributed by atoms with Crippen LogP contribution in [-0.4, -0.2) is 11.5 Å². The van der Waals surface area contributed by atoms with E-state index in [0.717, 1.165) is 5.39 Å². The molecule has 82 valence electrons. The largest absolute Gasteiger partial charge is 0.256 e. The zero-order valence-electron chi connectivity index (χ0n) is 8.76. The van der Waals surface area contributed by atoms with Crippen LogP contribution in [0.5, 0.6) is 0 Å². The van der Waals surface area contributed by atoms with Crippen LogP contribution in [-0.2, 0) is 0 Å². The van der Waals surface area contributed by atoms with Crippen LogP contribution in [0.15, 0.2) is 35.6 Å². The molecule has 0 unspecified atom stereocenters. The van der Waals surface area contributed by atoms with Gasteiger partial charge in [-0.05, 0) is 17.7 Å². The van der Waals surface area contributed by atoms with Crippen LogP contribution in [0.25, 0.3) is 21.3 Å². The van der Waals surface area contributed by atoms with Gasteiger partial charge in [0.05, 0.1) is 17.6 Å². The van der Waals surface area contributed by atoms with Crippen LogP contribution in [0.2, 0.25) is 0 Å². The van der Waals surface area contributed by atoms with Gasteiger partial charge in [0.25, 0.3) is 0 Å². The lowest BCUT2D eigenvalue weighted by Gasteiger charge is -1.98. The van der Waals surface area contributed by atoms with Crippen molar-refractivity contribution in [1.29, 1.82) is 0 Å². The lowest BCUT2D eigenvalue weighted by molar-refractivity contribution is 0.626. The van der Waals surface area contributed by atoms with Gasteiger partial charge in [-0.25, -0.2) is 4.39 Å². The molecule has 2 rings (SSSR count). The van der Waals surface area contributed by atoms with E-state index in [9.17, 15) is 4.39 Å². The molecule has 0 saturated carbocycles. The van der Waals surface area contributed by atoms with Gasteiger partial charge >= 0.3 is 0 Å². The fourth-order valence-corrected chi connectivity index (χ4v) is 1.39. The Labute approximate surface area is 96.7 Å². The van der Waals surface area contributed by atoms with Gasteiger partial charge in [-0.2, -0.15) is 0 Å². The van der Waals surface area contributed by atoms with Gasteiger partial charge in [0, 0.05) is 22.6 Å². The molecule has 1 heterocycles. The van der Waals surface area contributed by atoms with E-state index >= 15 is 0 Å². The van der Waals surface area contributed by atoms with Crippen molar-refractivity contribution < 1.29 is 4.39 Å². The number of nitrogens with zero attached hydrogens (tertiary/aromatic N) is 4. The lowest BCUT2D eigenvalue weighted by atomic mass is 10.1. The smallest absolute Gasteiger partial charge is 0.141 e. The summed E-state index contributed by atoms with van der Waals surface area (Å²) >= 11 is 0. The molecule has 0 bridgehead atoms. The zero-order chi connectivity index (χ0) is 12.1. The minimum Gasteiger partial charge on any atom is -0.256 e. The van der Waals surface area contributed by atoms with Gasteiger partial charge in [-0.15, -0.1) is 0 Å². The van der Waals surface area contributed by atoms with Crippen LogP contribution in [0, 0.1) is 17.7 Å². The Morgan fingerprint density at radius 1 is 1.47 bits per heavy atom. The SMILES string of the molecule is [N-]=[N+]=NCC#Cc1cc2cccnc2cc1F. The molecule has 0 aliphatic rings. The summed E-state index contributed by atoms with van der Waals surface area (Å²) in [7, 11) is 0. The summed E-state index contributed by atoms with van der Waals surface area (Å²) in [4.78, 5) is 6.60. The van der Waals surface area contributed by atoms with Crippen LogP contribution >= 0.6 is 0 Å². The third-order valence-electron chi connectivity index (χ3n) is 2.13. The van der Waals surface area contributed by atoms with Crippen molar-refractivity contribution in [3.63, 3.8) is 0 Å². The first-order valence-corrected chi connectivity index (χ1v) is 4.85. The lowest BCUT2D eigenvalue weighted by Crippen LogP contribution is -1.86. The third kappa shape index (κ3) is 2.51. The van der Waals surface area contributed by atoms with Crippen molar-refractivity contribution in [3.05, 3.63) is 52.3 Å². The second kappa shape index (κ2) is 4.97. The first-order chi connectivity index (χ1) is 8.31. The highest BCUT2D eigenvalue weighted by molar-refractivity contribution is 5.80. The molecule has 1 aromatic carbocycles. The zero-order valence-corrected chi connectivity index (χ0v) is 8.76. The Morgan fingerprint density at radius 3 is 3.18 bits per heavy atom. The Morgan fingerprint density at radius 2 is 2.35 bits per heavy atom. The molecule has 4 nitrogen and oxygen atoms in total. The van der Waals surface area contributed by atoms with E-state index in [-0.39, 0.29) is 12.1 Å². The second-order valence-electron chi connectivity index (χ2n) is 3.22. The van der Waals surface area contributed by atoms with E-state index in [0.29, 0.717) is 5.52 Å². The minimum atomic E-state index is -0.426. The van der Waals surface area contributed by atoms with Gasteiger partial charge in [0.15, 0.2) is 0 Å². The highest BCUT2D eigenvalue weighted by Crippen LogP contribution is 2.16. The normalized spacial score (nSPS) is 9.24. The highest BCUT2D eigenvalue weighted by atomic mass is 19.1. The Bertz CT molecular complexity index is 663. The topological polar surface area (TPSA) is 61.7 Å². The molecule has 0 spiro atoms. The molecule has 1 aromatic heterocycles. The number of rotatable bonds is 1. The summed E-state index contributed by atoms with van der Waals surface area (Å²) in [5.41, 5.74) is 8.93. The molecule has 17 heavy (non-hydrogen) atoms. The number of pyridine rings is 1. The number of hydrogen-bond donors (Lipinski definition) is 0. The molecule has 2 aromatic rings. The number of hydrogen-bond acceptors (Lipinski definition) is 2. The van der Waals surface area contributed by atoms with E-state index in [1.807, 2.05) is 6.07 Å². The standard InChI is InChI=1S/C12H7FN4/c13-11-8-12-10(4-1-5-15-12)7-9(11)3-2-6-16-17-14/h1,4-5,7-8H,6H2. The summed E-state index contributed by atoms with van der Waals surface area (Å²) in [5.74, 6) is 4.77. The fraction of sp³-hybridized carbons (Fsp3) is 0.0833. The number of halogens is 1. The molecule has 0 saturated heterocycles. The van der Waals surface area contributed by atoms with Crippen molar-refractivity contribution in [2.24, 2.45) is 5.11 Å².